The van der Waals surface area contributed by atoms with Gasteiger partial charge in [-0.15, -0.1) is 0 Å². The van der Waals surface area contributed by atoms with Crippen LogP contribution in [0.4, 0.5) is 5.69 Å². The number of ether oxygens (including phenoxy) is 2. The molecule has 6 heteroatoms. The van der Waals surface area contributed by atoms with Crippen LogP contribution < -0.4 is 9.64 Å². The molecule has 0 N–H and O–H groups in total. The van der Waals surface area contributed by atoms with Gasteiger partial charge in [-0.2, -0.15) is 0 Å². The Balaban J connectivity index is 1.84. The number of anilines is 1. The molecule has 1 aromatic carbocycles. The lowest BCUT2D eigenvalue weighted by atomic mass is 9.73. The predicted molar refractivity (Wildman–Crippen MR) is 89.5 cm³/mol. The van der Waals surface area contributed by atoms with Crippen molar-refractivity contribution in [1.82, 2.24) is 0 Å². The van der Waals surface area contributed by atoms with E-state index >= 15 is 0 Å². The van der Waals surface area contributed by atoms with Gasteiger partial charge >= 0.3 is 0 Å². The van der Waals surface area contributed by atoms with Gasteiger partial charge in [0.2, 0.25) is 11.8 Å². The minimum Gasteiger partial charge on any atom is -0.495 e. The molecule has 6 nitrogen and oxygen atoms in total. The van der Waals surface area contributed by atoms with Gasteiger partial charge in [0, 0.05) is 5.56 Å². The normalized spacial score (nSPS) is 35.4. The first-order valence-corrected chi connectivity index (χ1v) is 8.19. The monoisotopic (exact) mass is 341 g/mol. The molecule has 3 aliphatic rings. The molecule has 130 valence electrons. The number of carbonyl (C=O) groups excluding carboxylic acids is 3. The Hall–Kier alpha value is -2.47. The summed E-state index contributed by atoms with van der Waals surface area (Å²) < 4.78 is 11.3. The molecule has 2 fully saturated rings. The lowest BCUT2D eigenvalue weighted by Gasteiger charge is -2.26. The molecule has 2 bridgehead atoms. The molecule has 1 aromatic rings. The van der Waals surface area contributed by atoms with Gasteiger partial charge in [-0.1, -0.05) is 12.2 Å². The second kappa shape index (κ2) is 4.79. The van der Waals surface area contributed by atoms with E-state index in [9.17, 15) is 14.4 Å². The van der Waals surface area contributed by atoms with Crippen molar-refractivity contribution in [3.8, 4) is 5.75 Å². The summed E-state index contributed by atoms with van der Waals surface area (Å²) in [6.07, 6.45) is 3.73. The largest absolute Gasteiger partial charge is 0.495 e. The number of Topliss-reactive ketones (excluding diaryl/α,β-unsaturated/α-hetero) is 1. The molecule has 0 saturated carbocycles. The van der Waals surface area contributed by atoms with Gasteiger partial charge in [0.25, 0.3) is 0 Å². The highest BCUT2D eigenvalue weighted by molar-refractivity contribution is 6.24. The smallest absolute Gasteiger partial charge is 0.241 e. The first kappa shape index (κ1) is 16.0. The predicted octanol–water partition coefficient (Wildman–Crippen LogP) is 2.12. The molecule has 2 amide bonds. The highest BCUT2D eigenvalue weighted by atomic mass is 16.5. The van der Waals surface area contributed by atoms with E-state index in [-0.39, 0.29) is 17.6 Å². The standard InChI is InChI=1S/C19H19NO5/c1-10(21)11-5-6-13(24-4)12(9-11)20-16(22)14-15(17(20)23)19(3)8-7-18(14,2)25-19/h5-9,14-15H,1-4H3. The molecule has 25 heavy (non-hydrogen) atoms. The number of nitrogens with zero attached hydrogens (tertiary/aromatic N) is 1. The summed E-state index contributed by atoms with van der Waals surface area (Å²) in [5.74, 6) is -1.54. The summed E-state index contributed by atoms with van der Waals surface area (Å²) in [6.45, 7) is 5.10. The molecule has 0 aliphatic carbocycles. The molecule has 4 atom stereocenters. The van der Waals surface area contributed by atoms with Crippen molar-refractivity contribution >= 4 is 23.3 Å². The summed E-state index contributed by atoms with van der Waals surface area (Å²) in [5, 5.41) is 0. The van der Waals surface area contributed by atoms with E-state index in [2.05, 4.69) is 0 Å². The number of methoxy groups -OCH3 is 1. The first-order valence-electron chi connectivity index (χ1n) is 8.19. The molecule has 3 aliphatic heterocycles. The third-order valence-corrected chi connectivity index (χ3v) is 5.55. The van der Waals surface area contributed by atoms with Crippen molar-refractivity contribution in [3.05, 3.63) is 35.9 Å². The van der Waals surface area contributed by atoms with Crippen molar-refractivity contribution in [3.63, 3.8) is 0 Å². The topological polar surface area (TPSA) is 72.9 Å². The molecule has 2 saturated heterocycles. The van der Waals surface area contributed by atoms with Gasteiger partial charge in [-0.05, 0) is 39.0 Å². The number of rotatable bonds is 3. The number of hydrogen-bond acceptors (Lipinski definition) is 5. The molecular weight excluding hydrogens is 322 g/mol. The van der Waals surface area contributed by atoms with Crippen LogP contribution in [0, 0.1) is 11.8 Å². The zero-order valence-corrected chi connectivity index (χ0v) is 14.5. The lowest BCUT2D eigenvalue weighted by Crippen LogP contribution is -2.39. The number of amides is 2. The Kier molecular flexibility index (Phi) is 3.07. The minimum atomic E-state index is -0.785. The van der Waals surface area contributed by atoms with Crippen LogP contribution in [0.1, 0.15) is 31.1 Å². The highest BCUT2D eigenvalue weighted by Gasteiger charge is 2.70. The summed E-state index contributed by atoms with van der Waals surface area (Å²) in [6, 6.07) is 4.76. The summed E-state index contributed by atoms with van der Waals surface area (Å²) in [4.78, 5) is 39.2. The first-order chi connectivity index (χ1) is 11.7. The number of hydrogen-bond donors (Lipinski definition) is 0. The van der Waals surface area contributed by atoms with E-state index in [1.54, 1.807) is 18.2 Å². The van der Waals surface area contributed by atoms with Crippen LogP contribution in [0.15, 0.2) is 30.4 Å². The quantitative estimate of drug-likeness (QED) is 0.478. The highest BCUT2D eigenvalue weighted by Crippen LogP contribution is 2.58. The fourth-order valence-electron chi connectivity index (χ4n) is 4.35. The summed E-state index contributed by atoms with van der Waals surface area (Å²) in [7, 11) is 1.47. The van der Waals surface area contributed by atoms with Crippen LogP contribution >= 0.6 is 0 Å². The Labute approximate surface area is 145 Å². The fraction of sp³-hybridized carbons (Fsp3) is 0.421. The van der Waals surface area contributed by atoms with Gasteiger partial charge < -0.3 is 9.47 Å². The number of carbonyl (C=O) groups is 3. The second-order valence-corrected chi connectivity index (χ2v) is 7.21. The maximum absolute atomic E-state index is 13.1. The van der Waals surface area contributed by atoms with Crippen LogP contribution in [0.5, 0.6) is 5.75 Å². The Morgan fingerprint density at radius 2 is 1.68 bits per heavy atom. The number of benzene rings is 1. The molecule has 3 heterocycles. The van der Waals surface area contributed by atoms with Crippen molar-refractivity contribution in [1.29, 1.82) is 0 Å². The lowest BCUT2D eigenvalue weighted by molar-refractivity contribution is -0.128. The molecule has 0 aromatic heterocycles. The summed E-state index contributed by atoms with van der Waals surface area (Å²) >= 11 is 0. The van der Waals surface area contributed by atoms with Gasteiger partial charge in [0.05, 0.1) is 35.8 Å². The zero-order chi connectivity index (χ0) is 18.1. The van der Waals surface area contributed by atoms with E-state index < -0.39 is 23.0 Å². The molecule has 4 rings (SSSR count). The Morgan fingerprint density at radius 3 is 2.16 bits per heavy atom. The average molecular weight is 341 g/mol. The van der Waals surface area contributed by atoms with Gasteiger partial charge in [-0.25, -0.2) is 4.90 Å². The number of ketones is 1. The maximum Gasteiger partial charge on any atom is 0.241 e. The third-order valence-electron chi connectivity index (χ3n) is 5.55. The third kappa shape index (κ3) is 1.91. The fourth-order valence-corrected chi connectivity index (χ4v) is 4.35. The molecular formula is C19H19NO5. The average Bonchev–Trinajstić information content (AvgIpc) is 3.11. The second-order valence-electron chi connectivity index (χ2n) is 7.21. The van der Waals surface area contributed by atoms with Crippen molar-refractivity contribution in [2.75, 3.05) is 12.0 Å². The Bertz CT molecular complexity index is 823. The van der Waals surface area contributed by atoms with Crippen LogP contribution in [0.2, 0.25) is 0 Å². The van der Waals surface area contributed by atoms with Gasteiger partial charge in [-0.3, -0.25) is 14.4 Å². The van der Waals surface area contributed by atoms with Gasteiger partial charge in [0.15, 0.2) is 5.78 Å². The van der Waals surface area contributed by atoms with E-state index in [0.717, 1.165) is 4.90 Å². The van der Waals surface area contributed by atoms with Crippen LogP contribution in [0.25, 0.3) is 0 Å². The van der Waals surface area contributed by atoms with E-state index in [1.165, 1.54) is 14.0 Å². The van der Waals surface area contributed by atoms with Crippen molar-refractivity contribution < 1.29 is 23.9 Å². The zero-order valence-electron chi connectivity index (χ0n) is 14.5. The van der Waals surface area contributed by atoms with E-state index in [1.807, 2.05) is 26.0 Å². The van der Waals surface area contributed by atoms with Crippen LogP contribution in [-0.4, -0.2) is 35.9 Å². The molecule has 4 unspecified atom stereocenters. The maximum atomic E-state index is 13.1. The van der Waals surface area contributed by atoms with E-state index in [0.29, 0.717) is 17.0 Å². The SMILES string of the molecule is COc1ccc(C(C)=O)cc1N1C(=O)C2C(C1=O)C1(C)C=CC2(C)O1. The minimum absolute atomic E-state index is 0.146. The van der Waals surface area contributed by atoms with Crippen LogP contribution in [-0.2, 0) is 14.3 Å². The number of imide groups is 1. The number of fused-ring (bicyclic) bond motifs is 5. The molecule has 0 spiro atoms. The van der Waals surface area contributed by atoms with E-state index in [4.69, 9.17) is 9.47 Å². The van der Waals surface area contributed by atoms with Gasteiger partial charge in [0.1, 0.15) is 5.75 Å². The van der Waals surface area contributed by atoms with Crippen molar-refractivity contribution in [2.24, 2.45) is 11.8 Å². The Morgan fingerprint density at radius 1 is 1.12 bits per heavy atom. The van der Waals surface area contributed by atoms with Crippen molar-refractivity contribution in [2.45, 2.75) is 32.0 Å². The molecule has 0 radical (unpaired) electrons. The summed E-state index contributed by atoms with van der Waals surface area (Å²) in [5.41, 5.74) is -0.840. The van der Waals surface area contributed by atoms with Crippen LogP contribution in [0.3, 0.4) is 0 Å².